The zero-order valence-electron chi connectivity index (χ0n) is 15.2. The van der Waals surface area contributed by atoms with E-state index in [9.17, 15) is 4.79 Å². The number of benzene rings is 2. The normalized spacial score (nSPS) is 25.2. The molecule has 2 aromatic carbocycles. The smallest absolute Gasteiger partial charge is 0.325 e. The van der Waals surface area contributed by atoms with Gasteiger partial charge in [-0.2, -0.15) is 0 Å². The summed E-state index contributed by atoms with van der Waals surface area (Å²) in [6.45, 7) is 2.93. The highest BCUT2D eigenvalue weighted by atomic mass is 16.6. The fourth-order valence-corrected chi connectivity index (χ4v) is 4.08. The number of hydrogen-bond acceptors (Lipinski definition) is 5. The van der Waals surface area contributed by atoms with E-state index in [0.717, 1.165) is 5.56 Å². The van der Waals surface area contributed by atoms with Gasteiger partial charge in [-0.25, -0.2) is 4.79 Å². The van der Waals surface area contributed by atoms with E-state index in [1.807, 2.05) is 43.3 Å². The lowest BCUT2D eigenvalue weighted by molar-refractivity contribution is 0.0349. The molecule has 3 heterocycles. The fraction of sp³-hybridized carbons (Fsp3) is 0.350. The third-order valence-corrected chi connectivity index (χ3v) is 5.27. The molecular weight excluding hydrogens is 348 g/mol. The average Bonchev–Trinajstić information content (AvgIpc) is 2.67. The Morgan fingerprint density at radius 2 is 2.00 bits per heavy atom. The Morgan fingerprint density at radius 3 is 2.81 bits per heavy atom. The number of anilines is 1. The Bertz CT molecular complexity index is 931. The van der Waals surface area contributed by atoms with Crippen LogP contribution in [0.3, 0.4) is 0 Å². The summed E-state index contributed by atoms with van der Waals surface area (Å²) in [4.78, 5) is 14.6. The number of rotatable bonds is 2. The van der Waals surface area contributed by atoms with E-state index in [0.29, 0.717) is 48.3 Å². The SMILES string of the molecule is COc1cccc2c1O[C@@]1(C)C[C@@H]2NC(=O)N1c1ccc2c(c1)OCCO2. The maximum Gasteiger partial charge on any atom is 0.325 e. The van der Waals surface area contributed by atoms with Gasteiger partial charge in [0.25, 0.3) is 0 Å². The van der Waals surface area contributed by atoms with Crippen molar-refractivity contribution in [3.05, 3.63) is 42.0 Å². The van der Waals surface area contributed by atoms with E-state index >= 15 is 0 Å². The van der Waals surface area contributed by atoms with Crippen molar-refractivity contribution in [1.82, 2.24) is 5.32 Å². The van der Waals surface area contributed by atoms with Gasteiger partial charge in [-0.05, 0) is 25.1 Å². The van der Waals surface area contributed by atoms with Crippen molar-refractivity contribution in [3.63, 3.8) is 0 Å². The molecule has 1 saturated heterocycles. The van der Waals surface area contributed by atoms with E-state index in [4.69, 9.17) is 18.9 Å². The first kappa shape index (κ1) is 16.1. The molecule has 7 nitrogen and oxygen atoms in total. The van der Waals surface area contributed by atoms with Crippen molar-refractivity contribution in [2.75, 3.05) is 25.2 Å². The molecule has 0 saturated carbocycles. The third kappa shape index (κ3) is 2.38. The summed E-state index contributed by atoms with van der Waals surface area (Å²) in [7, 11) is 1.61. The van der Waals surface area contributed by atoms with Crippen LogP contribution in [0.1, 0.15) is 24.9 Å². The quantitative estimate of drug-likeness (QED) is 0.881. The summed E-state index contributed by atoms with van der Waals surface area (Å²) < 4.78 is 23.1. The van der Waals surface area contributed by atoms with Crippen LogP contribution in [0.4, 0.5) is 10.5 Å². The molecule has 0 aliphatic carbocycles. The Balaban J connectivity index is 1.58. The van der Waals surface area contributed by atoms with E-state index < -0.39 is 5.72 Å². The minimum atomic E-state index is -0.849. The van der Waals surface area contributed by atoms with Gasteiger partial charge in [-0.1, -0.05) is 12.1 Å². The van der Waals surface area contributed by atoms with E-state index in [1.54, 1.807) is 12.0 Å². The predicted octanol–water partition coefficient (Wildman–Crippen LogP) is 3.24. The number of para-hydroxylation sites is 1. The number of carbonyl (C=O) groups excluding carboxylic acids is 1. The highest BCUT2D eigenvalue weighted by molar-refractivity contribution is 5.95. The van der Waals surface area contributed by atoms with Crippen LogP contribution >= 0.6 is 0 Å². The van der Waals surface area contributed by atoms with Crippen LogP contribution in [0.25, 0.3) is 0 Å². The molecule has 3 aliphatic rings. The summed E-state index contributed by atoms with van der Waals surface area (Å²) in [6.07, 6.45) is 0.618. The molecule has 2 atom stereocenters. The van der Waals surface area contributed by atoms with Gasteiger partial charge in [0, 0.05) is 18.1 Å². The average molecular weight is 368 g/mol. The lowest BCUT2D eigenvalue weighted by Crippen LogP contribution is -2.65. The standard InChI is InChI=1S/C20H20N2O5/c1-20-11-14(13-4-3-5-16(24-2)18(13)27-20)21-19(23)22(20)12-6-7-15-17(10-12)26-9-8-25-15/h3-7,10,14H,8-9,11H2,1-2H3,(H,21,23)/t14-,20-/m0/s1. The molecule has 0 spiro atoms. The van der Waals surface area contributed by atoms with Crippen molar-refractivity contribution < 1.29 is 23.7 Å². The number of fused-ring (bicyclic) bond motifs is 5. The number of nitrogens with one attached hydrogen (secondary N) is 1. The largest absolute Gasteiger partial charge is 0.493 e. The van der Waals surface area contributed by atoms with Crippen molar-refractivity contribution in [2.24, 2.45) is 0 Å². The molecule has 7 heteroatoms. The second-order valence-electron chi connectivity index (χ2n) is 7.03. The van der Waals surface area contributed by atoms with Gasteiger partial charge >= 0.3 is 6.03 Å². The van der Waals surface area contributed by atoms with Crippen LogP contribution in [0.5, 0.6) is 23.0 Å². The highest BCUT2D eigenvalue weighted by Gasteiger charge is 2.50. The summed E-state index contributed by atoms with van der Waals surface area (Å²) in [5, 5.41) is 3.09. The molecule has 2 aromatic rings. The molecule has 3 aliphatic heterocycles. The number of ether oxygens (including phenoxy) is 4. The number of urea groups is 1. The van der Waals surface area contributed by atoms with Gasteiger partial charge in [0.05, 0.1) is 18.8 Å². The van der Waals surface area contributed by atoms with Crippen LogP contribution < -0.4 is 29.2 Å². The first-order valence-electron chi connectivity index (χ1n) is 8.95. The minimum absolute atomic E-state index is 0.130. The molecule has 5 rings (SSSR count). The van der Waals surface area contributed by atoms with Crippen LogP contribution in [-0.4, -0.2) is 32.1 Å². The monoisotopic (exact) mass is 368 g/mol. The summed E-state index contributed by atoms with van der Waals surface area (Å²) in [6, 6.07) is 10.9. The number of amides is 2. The number of carbonyl (C=O) groups is 1. The second-order valence-corrected chi connectivity index (χ2v) is 7.03. The fourth-order valence-electron chi connectivity index (χ4n) is 4.08. The third-order valence-electron chi connectivity index (χ3n) is 5.27. The highest BCUT2D eigenvalue weighted by Crippen LogP contribution is 2.49. The topological polar surface area (TPSA) is 69.3 Å². The van der Waals surface area contributed by atoms with Crippen molar-refractivity contribution in [1.29, 1.82) is 0 Å². The zero-order valence-corrected chi connectivity index (χ0v) is 15.2. The summed E-state index contributed by atoms with van der Waals surface area (Å²) in [5.74, 6) is 2.64. The number of hydrogen-bond donors (Lipinski definition) is 1. The predicted molar refractivity (Wildman–Crippen MR) is 97.8 cm³/mol. The summed E-state index contributed by atoms with van der Waals surface area (Å²) >= 11 is 0. The molecule has 140 valence electrons. The first-order chi connectivity index (χ1) is 13.1. The van der Waals surface area contributed by atoms with Gasteiger partial charge in [0.1, 0.15) is 13.2 Å². The molecule has 0 aromatic heterocycles. The first-order valence-corrected chi connectivity index (χ1v) is 8.95. The minimum Gasteiger partial charge on any atom is -0.493 e. The van der Waals surface area contributed by atoms with Gasteiger partial charge < -0.3 is 24.3 Å². The maximum atomic E-state index is 13.0. The van der Waals surface area contributed by atoms with E-state index in [1.165, 1.54) is 0 Å². The van der Waals surface area contributed by atoms with Gasteiger partial charge in [0.15, 0.2) is 28.7 Å². The van der Waals surface area contributed by atoms with Crippen LogP contribution in [0.15, 0.2) is 36.4 Å². The molecule has 1 fully saturated rings. The van der Waals surface area contributed by atoms with Gasteiger partial charge in [-0.15, -0.1) is 0 Å². The van der Waals surface area contributed by atoms with E-state index in [2.05, 4.69) is 5.32 Å². The molecule has 1 N–H and O–H groups in total. The number of nitrogens with zero attached hydrogens (tertiary/aromatic N) is 1. The van der Waals surface area contributed by atoms with Gasteiger partial charge in [-0.3, -0.25) is 4.90 Å². The van der Waals surface area contributed by atoms with E-state index in [-0.39, 0.29) is 12.1 Å². The molecule has 2 amide bonds. The van der Waals surface area contributed by atoms with Crippen LogP contribution in [-0.2, 0) is 0 Å². The molecular formula is C20H20N2O5. The van der Waals surface area contributed by atoms with Crippen molar-refractivity contribution in [2.45, 2.75) is 25.1 Å². The molecule has 27 heavy (non-hydrogen) atoms. The van der Waals surface area contributed by atoms with Crippen LogP contribution in [0, 0.1) is 0 Å². The number of methoxy groups -OCH3 is 1. The molecule has 2 bridgehead atoms. The lowest BCUT2D eigenvalue weighted by Gasteiger charge is -2.50. The lowest BCUT2D eigenvalue weighted by atomic mass is 9.90. The van der Waals surface area contributed by atoms with Crippen molar-refractivity contribution in [3.8, 4) is 23.0 Å². The van der Waals surface area contributed by atoms with Crippen LogP contribution in [0.2, 0.25) is 0 Å². The van der Waals surface area contributed by atoms with Gasteiger partial charge in [0.2, 0.25) is 0 Å². The Labute approximate surface area is 156 Å². The molecule has 0 unspecified atom stereocenters. The Kier molecular flexibility index (Phi) is 3.40. The summed E-state index contributed by atoms with van der Waals surface area (Å²) in [5.41, 5.74) is 0.774. The Morgan fingerprint density at radius 1 is 1.19 bits per heavy atom. The van der Waals surface area contributed by atoms with Crippen molar-refractivity contribution >= 4 is 11.7 Å². The zero-order chi connectivity index (χ0) is 18.6. The second kappa shape index (κ2) is 5.70. The molecule has 0 radical (unpaired) electrons. The Hall–Kier alpha value is -3.09. The maximum absolute atomic E-state index is 13.0.